The zero-order valence-corrected chi connectivity index (χ0v) is 22.1. The van der Waals surface area contributed by atoms with Crippen LogP contribution in [0, 0.1) is 5.82 Å². The van der Waals surface area contributed by atoms with Crippen molar-refractivity contribution in [1.29, 1.82) is 0 Å². The lowest BCUT2D eigenvalue weighted by atomic mass is 10.0. The summed E-state index contributed by atoms with van der Waals surface area (Å²) in [6.07, 6.45) is 3.21. The van der Waals surface area contributed by atoms with Crippen molar-refractivity contribution in [2.45, 2.75) is 25.8 Å². The molecule has 206 valence electrons. The molecule has 5 rings (SSSR count). The standard InChI is InChI=1S/C31H27FN6O3/c1-18(19-6-8-24(32)9-7-19)36-31(41)23-12-22(13-25(14-23)37-29(40)11-10-28(33)39)27-17-35-30(38-27)26-15-20-4-2-3-5-21(20)16-34-26/h2-9,12-18H,10-11H2,1H3,(H2,33,39)(H,35,38)(H,36,41)(H,37,40)/t18-/m1/s1. The molecule has 0 saturated carbocycles. The molecule has 10 heteroatoms. The predicted molar refractivity (Wildman–Crippen MR) is 154 cm³/mol. The van der Waals surface area contributed by atoms with Gasteiger partial charge in [0.1, 0.15) is 11.5 Å². The lowest BCUT2D eigenvalue weighted by Gasteiger charge is -2.16. The van der Waals surface area contributed by atoms with E-state index in [1.807, 2.05) is 30.3 Å². The molecule has 0 radical (unpaired) electrons. The van der Waals surface area contributed by atoms with Crippen molar-refractivity contribution < 1.29 is 18.8 Å². The molecule has 0 bridgehead atoms. The smallest absolute Gasteiger partial charge is 0.251 e. The number of aromatic amines is 1. The van der Waals surface area contributed by atoms with Crippen LogP contribution in [0.1, 0.15) is 41.7 Å². The number of halogens is 1. The number of H-pyrrole nitrogens is 1. The average molecular weight is 551 g/mol. The van der Waals surface area contributed by atoms with E-state index in [9.17, 15) is 18.8 Å². The Labute approximate surface area is 235 Å². The number of nitrogens with zero attached hydrogens (tertiary/aromatic N) is 2. The third kappa shape index (κ3) is 6.62. The van der Waals surface area contributed by atoms with Crippen LogP contribution in [0.25, 0.3) is 33.5 Å². The topological polar surface area (TPSA) is 143 Å². The van der Waals surface area contributed by atoms with Crippen molar-refractivity contribution in [3.63, 3.8) is 0 Å². The van der Waals surface area contributed by atoms with Crippen LogP contribution in [-0.2, 0) is 9.59 Å². The van der Waals surface area contributed by atoms with Crippen LogP contribution >= 0.6 is 0 Å². The molecular formula is C31H27FN6O3. The molecule has 1 atom stereocenters. The second-order valence-electron chi connectivity index (χ2n) is 9.62. The van der Waals surface area contributed by atoms with Gasteiger partial charge in [-0.1, -0.05) is 36.4 Å². The molecule has 9 nitrogen and oxygen atoms in total. The van der Waals surface area contributed by atoms with Gasteiger partial charge in [0, 0.05) is 41.2 Å². The number of amides is 3. The van der Waals surface area contributed by atoms with E-state index in [1.165, 1.54) is 12.1 Å². The van der Waals surface area contributed by atoms with Crippen molar-refractivity contribution in [3.05, 3.63) is 102 Å². The maximum atomic E-state index is 13.4. The van der Waals surface area contributed by atoms with E-state index < -0.39 is 23.8 Å². The fraction of sp³-hybridized carbons (Fsp3) is 0.129. The molecule has 0 unspecified atom stereocenters. The summed E-state index contributed by atoms with van der Waals surface area (Å²) < 4.78 is 13.4. The van der Waals surface area contributed by atoms with Gasteiger partial charge in [-0.25, -0.2) is 9.37 Å². The average Bonchev–Trinajstić information content (AvgIpc) is 3.46. The van der Waals surface area contributed by atoms with E-state index in [0.717, 1.165) is 16.3 Å². The van der Waals surface area contributed by atoms with Crippen LogP contribution in [0.15, 0.2) is 85.2 Å². The first-order chi connectivity index (χ1) is 19.7. The minimum absolute atomic E-state index is 0.0927. The largest absolute Gasteiger partial charge is 0.370 e. The molecule has 0 spiro atoms. The maximum absolute atomic E-state index is 13.4. The number of aromatic nitrogens is 3. The first kappa shape index (κ1) is 27.2. The number of carbonyl (C=O) groups is 3. The number of hydrogen-bond donors (Lipinski definition) is 4. The molecule has 0 aliphatic rings. The van der Waals surface area contributed by atoms with Gasteiger partial charge in [-0.3, -0.25) is 19.4 Å². The van der Waals surface area contributed by atoms with Gasteiger partial charge >= 0.3 is 0 Å². The Hall–Kier alpha value is -5.38. The van der Waals surface area contributed by atoms with Crippen LogP contribution in [-0.4, -0.2) is 32.7 Å². The minimum atomic E-state index is -0.587. The number of carbonyl (C=O) groups excluding carboxylic acids is 3. The molecule has 0 fully saturated rings. The number of nitrogens with two attached hydrogens (primary N) is 1. The van der Waals surface area contributed by atoms with Crippen molar-refractivity contribution in [2.75, 3.05) is 5.32 Å². The number of imidazole rings is 1. The van der Waals surface area contributed by atoms with Gasteiger partial charge in [-0.15, -0.1) is 0 Å². The van der Waals surface area contributed by atoms with Crippen LogP contribution in [0.4, 0.5) is 10.1 Å². The summed E-state index contributed by atoms with van der Waals surface area (Å²) in [7, 11) is 0. The first-order valence-electron chi connectivity index (χ1n) is 13.0. The molecule has 41 heavy (non-hydrogen) atoms. The highest BCUT2D eigenvalue weighted by atomic mass is 19.1. The minimum Gasteiger partial charge on any atom is -0.370 e. The molecule has 0 aliphatic heterocycles. The van der Waals surface area contributed by atoms with E-state index in [0.29, 0.717) is 28.5 Å². The lowest BCUT2D eigenvalue weighted by molar-refractivity contribution is -0.122. The molecule has 2 aromatic heterocycles. The highest BCUT2D eigenvalue weighted by Crippen LogP contribution is 2.27. The van der Waals surface area contributed by atoms with Gasteiger partial charge in [0.15, 0.2) is 5.82 Å². The molecular weight excluding hydrogens is 523 g/mol. The van der Waals surface area contributed by atoms with E-state index in [1.54, 1.807) is 49.6 Å². The molecule has 0 aliphatic carbocycles. The quantitative estimate of drug-likeness (QED) is 0.201. The SMILES string of the molecule is C[C@@H](NC(=O)c1cc(NC(=O)CCC(N)=O)cc(-c2cnc(-c3cc4ccccc4cn3)[nH]2)c1)c1ccc(F)cc1. The second-order valence-corrected chi connectivity index (χ2v) is 9.62. The second kappa shape index (κ2) is 11.8. The Morgan fingerprint density at radius 1 is 0.927 bits per heavy atom. The van der Waals surface area contributed by atoms with Crippen LogP contribution < -0.4 is 16.4 Å². The normalized spacial score (nSPS) is 11.7. The number of pyridine rings is 1. The zero-order valence-electron chi connectivity index (χ0n) is 22.1. The summed E-state index contributed by atoms with van der Waals surface area (Å²) in [6.45, 7) is 1.79. The van der Waals surface area contributed by atoms with Crippen LogP contribution in [0.5, 0.6) is 0 Å². The Kier molecular flexibility index (Phi) is 7.82. The van der Waals surface area contributed by atoms with Crippen molar-refractivity contribution in [1.82, 2.24) is 20.3 Å². The summed E-state index contributed by atoms with van der Waals surface area (Å²) in [6, 6.07) is 20.2. The summed E-state index contributed by atoms with van der Waals surface area (Å²) in [5.41, 5.74) is 8.39. The Morgan fingerprint density at radius 2 is 1.68 bits per heavy atom. The Bertz CT molecular complexity index is 1750. The van der Waals surface area contributed by atoms with Gasteiger partial charge in [0.25, 0.3) is 5.91 Å². The van der Waals surface area contributed by atoms with E-state index in [4.69, 9.17) is 5.73 Å². The number of anilines is 1. The Balaban J connectivity index is 1.45. The number of hydrogen-bond acceptors (Lipinski definition) is 5. The van der Waals surface area contributed by atoms with Gasteiger partial charge in [0.2, 0.25) is 11.8 Å². The summed E-state index contributed by atoms with van der Waals surface area (Å²) in [5.74, 6) is -1.23. The summed E-state index contributed by atoms with van der Waals surface area (Å²) in [5, 5.41) is 7.67. The number of nitrogens with one attached hydrogen (secondary N) is 3. The number of benzene rings is 3. The molecule has 3 amide bonds. The lowest BCUT2D eigenvalue weighted by Crippen LogP contribution is -2.27. The highest BCUT2D eigenvalue weighted by Gasteiger charge is 2.17. The molecule has 5 N–H and O–H groups in total. The fourth-order valence-corrected chi connectivity index (χ4v) is 4.37. The predicted octanol–water partition coefficient (Wildman–Crippen LogP) is 5.13. The van der Waals surface area contributed by atoms with Crippen LogP contribution in [0.3, 0.4) is 0 Å². The van der Waals surface area contributed by atoms with E-state index >= 15 is 0 Å². The third-order valence-electron chi connectivity index (χ3n) is 6.56. The molecule has 3 aromatic carbocycles. The van der Waals surface area contributed by atoms with Crippen LogP contribution in [0.2, 0.25) is 0 Å². The van der Waals surface area contributed by atoms with Crippen molar-refractivity contribution >= 4 is 34.2 Å². The van der Waals surface area contributed by atoms with Crippen molar-refractivity contribution in [2.24, 2.45) is 5.73 Å². The summed E-state index contributed by atoms with van der Waals surface area (Å²) >= 11 is 0. The highest BCUT2D eigenvalue weighted by molar-refractivity contribution is 5.99. The monoisotopic (exact) mass is 550 g/mol. The Morgan fingerprint density at radius 3 is 2.44 bits per heavy atom. The number of primary amides is 1. The van der Waals surface area contributed by atoms with Gasteiger partial charge in [0.05, 0.1) is 17.9 Å². The van der Waals surface area contributed by atoms with Crippen molar-refractivity contribution in [3.8, 4) is 22.8 Å². The van der Waals surface area contributed by atoms with Gasteiger partial charge in [-0.05, 0) is 54.3 Å². The molecule has 5 aromatic rings. The van der Waals surface area contributed by atoms with E-state index in [-0.39, 0.29) is 24.2 Å². The van der Waals surface area contributed by atoms with Gasteiger partial charge < -0.3 is 21.4 Å². The molecule has 0 saturated heterocycles. The number of rotatable bonds is 9. The van der Waals surface area contributed by atoms with E-state index in [2.05, 4.69) is 25.6 Å². The third-order valence-corrected chi connectivity index (χ3v) is 6.56. The first-order valence-corrected chi connectivity index (χ1v) is 13.0. The van der Waals surface area contributed by atoms with Gasteiger partial charge in [-0.2, -0.15) is 0 Å². The maximum Gasteiger partial charge on any atom is 0.251 e. The summed E-state index contributed by atoms with van der Waals surface area (Å²) in [4.78, 5) is 49.1. The molecule has 2 heterocycles. The number of fused-ring (bicyclic) bond motifs is 1. The zero-order chi connectivity index (χ0) is 28.9. The fourth-order valence-electron chi connectivity index (χ4n) is 4.37.